The van der Waals surface area contributed by atoms with Crippen molar-refractivity contribution in [3.05, 3.63) is 41.9 Å². The molecule has 0 saturated carbocycles. The highest BCUT2D eigenvalue weighted by atomic mass is 16.3. The number of furan rings is 1. The van der Waals surface area contributed by atoms with Crippen LogP contribution in [-0.2, 0) is 13.1 Å². The first kappa shape index (κ1) is 11.5. The fraction of sp³-hybridized carbons (Fsp3) is 0.462. The maximum absolute atomic E-state index is 5.91. The van der Waals surface area contributed by atoms with Gasteiger partial charge in [-0.3, -0.25) is 4.90 Å². The van der Waals surface area contributed by atoms with Gasteiger partial charge in [0.15, 0.2) is 0 Å². The zero-order valence-corrected chi connectivity index (χ0v) is 10.5. The van der Waals surface area contributed by atoms with E-state index in [1.165, 1.54) is 0 Å². The maximum Gasteiger partial charge on any atom is 0.122 e. The summed E-state index contributed by atoms with van der Waals surface area (Å²) in [6.07, 6.45) is 3.88. The molecule has 1 atom stereocenters. The molecule has 0 amide bonds. The molecule has 1 aliphatic rings. The van der Waals surface area contributed by atoms with Crippen LogP contribution in [0.15, 0.2) is 28.9 Å². The van der Waals surface area contributed by atoms with E-state index in [0.717, 1.165) is 37.0 Å². The van der Waals surface area contributed by atoms with Crippen molar-refractivity contribution >= 4 is 0 Å². The minimum atomic E-state index is 0.143. The van der Waals surface area contributed by atoms with Crippen LogP contribution in [0, 0.1) is 6.92 Å². The monoisotopic (exact) mass is 246 g/mol. The van der Waals surface area contributed by atoms with Gasteiger partial charge in [0, 0.05) is 32.0 Å². The summed E-state index contributed by atoms with van der Waals surface area (Å²) in [4.78, 5) is 6.71. The third-order valence-electron chi connectivity index (χ3n) is 3.53. The highest BCUT2D eigenvalue weighted by molar-refractivity contribution is 5.11. The van der Waals surface area contributed by atoms with E-state index >= 15 is 0 Å². The first-order chi connectivity index (χ1) is 8.78. The summed E-state index contributed by atoms with van der Waals surface area (Å²) >= 11 is 0. The van der Waals surface area contributed by atoms with Crippen molar-refractivity contribution in [2.75, 3.05) is 13.1 Å². The van der Waals surface area contributed by atoms with Gasteiger partial charge in [-0.2, -0.15) is 0 Å². The molecule has 18 heavy (non-hydrogen) atoms. The van der Waals surface area contributed by atoms with Crippen LogP contribution in [0.5, 0.6) is 0 Å². The van der Waals surface area contributed by atoms with E-state index in [1.807, 2.05) is 31.5 Å². The molecule has 2 N–H and O–H groups in total. The topological polar surface area (TPSA) is 60.2 Å². The number of hydrogen-bond donors (Lipinski definition) is 1. The number of hydrogen-bond acceptors (Lipinski definition) is 4. The van der Waals surface area contributed by atoms with Crippen molar-refractivity contribution in [1.29, 1.82) is 0 Å². The summed E-state index contributed by atoms with van der Waals surface area (Å²) in [6, 6.07) is 4.15. The van der Waals surface area contributed by atoms with Crippen LogP contribution >= 0.6 is 0 Å². The van der Waals surface area contributed by atoms with E-state index in [-0.39, 0.29) is 6.04 Å². The zero-order chi connectivity index (χ0) is 12.5. The molecule has 5 heteroatoms. The number of rotatable bonds is 3. The standard InChI is InChI=1S/C13H18N4O/c1-10-2-3-12(18-10)11(8-14)17-7-6-16-5-4-15-13(16)9-17/h2-5,11H,6-9,14H2,1H3. The van der Waals surface area contributed by atoms with Gasteiger partial charge in [-0.15, -0.1) is 0 Å². The lowest BCUT2D eigenvalue weighted by Gasteiger charge is -2.33. The molecule has 0 fully saturated rings. The molecule has 96 valence electrons. The van der Waals surface area contributed by atoms with Crippen LogP contribution in [-0.4, -0.2) is 27.5 Å². The largest absolute Gasteiger partial charge is 0.465 e. The van der Waals surface area contributed by atoms with E-state index in [9.17, 15) is 0 Å². The summed E-state index contributed by atoms with van der Waals surface area (Å²) in [5.74, 6) is 2.99. The molecule has 0 aromatic carbocycles. The Labute approximate surface area is 106 Å². The van der Waals surface area contributed by atoms with Crippen molar-refractivity contribution in [1.82, 2.24) is 14.5 Å². The molecule has 0 saturated heterocycles. The summed E-state index contributed by atoms with van der Waals surface area (Å²) in [7, 11) is 0. The Balaban J connectivity index is 1.82. The number of fused-ring (bicyclic) bond motifs is 1. The van der Waals surface area contributed by atoms with E-state index in [4.69, 9.17) is 10.2 Å². The van der Waals surface area contributed by atoms with Gasteiger partial charge in [-0.1, -0.05) is 0 Å². The summed E-state index contributed by atoms with van der Waals surface area (Å²) in [5.41, 5.74) is 5.91. The molecular weight excluding hydrogens is 228 g/mol. The fourth-order valence-electron chi connectivity index (χ4n) is 2.54. The molecule has 0 radical (unpaired) electrons. The van der Waals surface area contributed by atoms with Crippen molar-refractivity contribution in [2.24, 2.45) is 5.73 Å². The average Bonchev–Trinajstić information content (AvgIpc) is 2.99. The Morgan fingerprint density at radius 1 is 1.44 bits per heavy atom. The summed E-state index contributed by atoms with van der Waals surface area (Å²) in [5, 5.41) is 0. The van der Waals surface area contributed by atoms with Crippen molar-refractivity contribution < 1.29 is 4.42 Å². The normalized spacial score (nSPS) is 17.7. The molecule has 3 heterocycles. The third kappa shape index (κ3) is 1.95. The first-order valence-electron chi connectivity index (χ1n) is 6.28. The predicted molar refractivity (Wildman–Crippen MR) is 67.9 cm³/mol. The Morgan fingerprint density at radius 2 is 2.33 bits per heavy atom. The zero-order valence-electron chi connectivity index (χ0n) is 10.5. The summed E-state index contributed by atoms with van der Waals surface area (Å²) in [6.45, 7) is 5.29. The van der Waals surface area contributed by atoms with Crippen LogP contribution in [0.25, 0.3) is 0 Å². The van der Waals surface area contributed by atoms with E-state index < -0.39 is 0 Å². The Bertz CT molecular complexity index is 531. The van der Waals surface area contributed by atoms with Crippen molar-refractivity contribution in [3.63, 3.8) is 0 Å². The Morgan fingerprint density at radius 3 is 3.06 bits per heavy atom. The van der Waals surface area contributed by atoms with Crippen LogP contribution in [0.3, 0.4) is 0 Å². The quantitative estimate of drug-likeness (QED) is 0.886. The molecule has 2 aromatic rings. The van der Waals surface area contributed by atoms with Gasteiger partial charge in [-0.25, -0.2) is 4.98 Å². The van der Waals surface area contributed by atoms with Crippen molar-refractivity contribution in [2.45, 2.75) is 26.1 Å². The lowest BCUT2D eigenvalue weighted by atomic mass is 10.1. The third-order valence-corrected chi connectivity index (χ3v) is 3.53. The Hall–Kier alpha value is -1.59. The molecule has 3 rings (SSSR count). The second-order valence-electron chi connectivity index (χ2n) is 4.71. The number of imidazole rings is 1. The molecule has 0 spiro atoms. The molecule has 0 aliphatic carbocycles. The SMILES string of the molecule is Cc1ccc(C(CN)N2CCn3ccnc3C2)o1. The Kier molecular flexibility index (Phi) is 2.93. The number of nitrogens with two attached hydrogens (primary N) is 1. The molecule has 5 nitrogen and oxygen atoms in total. The first-order valence-corrected chi connectivity index (χ1v) is 6.28. The predicted octanol–water partition coefficient (Wildman–Crippen LogP) is 1.30. The van der Waals surface area contributed by atoms with Crippen LogP contribution < -0.4 is 5.73 Å². The minimum absolute atomic E-state index is 0.143. The fourth-order valence-corrected chi connectivity index (χ4v) is 2.54. The van der Waals surface area contributed by atoms with Crippen LogP contribution in [0.2, 0.25) is 0 Å². The van der Waals surface area contributed by atoms with Gasteiger partial charge in [0.2, 0.25) is 0 Å². The van der Waals surface area contributed by atoms with Crippen LogP contribution in [0.4, 0.5) is 0 Å². The second-order valence-corrected chi connectivity index (χ2v) is 4.71. The van der Waals surface area contributed by atoms with Gasteiger partial charge >= 0.3 is 0 Å². The minimum Gasteiger partial charge on any atom is -0.465 e. The highest BCUT2D eigenvalue weighted by Gasteiger charge is 2.26. The van der Waals surface area contributed by atoms with Gasteiger partial charge in [0.05, 0.1) is 12.6 Å². The number of aryl methyl sites for hydroxylation is 1. The average molecular weight is 246 g/mol. The summed E-state index contributed by atoms with van der Waals surface area (Å²) < 4.78 is 7.90. The second kappa shape index (κ2) is 4.59. The number of aromatic nitrogens is 2. The molecule has 2 aromatic heterocycles. The molecule has 1 unspecified atom stereocenters. The van der Waals surface area contributed by atoms with Gasteiger partial charge < -0.3 is 14.7 Å². The van der Waals surface area contributed by atoms with Crippen LogP contribution in [0.1, 0.15) is 23.4 Å². The van der Waals surface area contributed by atoms with Gasteiger partial charge in [0.1, 0.15) is 17.3 Å². The van der Waals surface area contributed by atoms with Gasteiger partial charge in [0.25, 0.3) is 0 Å². The molecule has 0 bridgehead atoms. The lowest BCUT2D eigenvalue weighted by Crippen LogP contribution is -2.39. The smallest absolute Gasteiger partial charge is 0.122 e. The lowest BCUT2D eigenvalue weighted by molar-refractivity contribution is 0.138. The van der Waals surface area contributed by atoms with E-state index in [1.54, 1.807) is 0 Å². The van der Waals surface area contributed by atoms with E-state index in [0.29, 0.717) is 6.54 Å². The van der Waals surface area contributed by atoms with E-state index in [2.05, 4.69) is 14.5 Å². The van der Waals surface area contributed by atoms with Crippen molar-refractivity contribution in [3.8, 4) is 0 Å². The molecular formula is C13H18N4O. The molecule has 1 aliphatic heterocycles. The van der Waals surface area contributed by atoms with Gasteiger partial charge in [-0.05, 0) is 19.1 Å². The highest BCUT2D eigenvalue weighted by Crippen LogP contribution is 2.25. The number of nitrogens with zero attached hydrogens (tertiary/aromatic N) is 3. The maximum atomic E-state index is 5.91.